The van der Waals surface area contributed by atoms with Crippen molar-refractivity contribution in [2.45, 2.75) is 32.4 Å². The van der Waals surface area contributed by atoms with Gasteiger partial charge in [0.2, 0.25) is 11.8 Å². The van der Waals surface area contributed by atoms with Gasteiger partial charge in [0.25, 0.3) is 0 Å². The number of fused-ring (bicyclic) bond motifs is 1. The third-order valence-electron chi connectivity index (χ3n) is 5.01. The first-order chi connectivity index (χ1) is 12.1. The van der Waals surface area contributed by atoms with Crippen LogP contribution in [0.5, 0.6) is 0 Å². The Balaban J connectivity index is 1.52. The highest BCUT2D eigenvalue weighted by atomic mass is 16.5. The Bertz CT molecular complexity index is 614. The summed E-state index contributed by atoms with van der Waals surface area (Å²) in [4.78, 5) is 28.7. The van der Waals surface area contributed by atoms with E-state index < -0.39 is 6.04 Å². The van der Waals surface area contributed by atoms with E-state index in [1.54, 1.807) is 4.90 Å². The molecule has 6 heteroatoms. The van der Waals surface area contributed by atoms with Gasteiger partial charge in [-0.1, -0.05) is 24.3 Å². The highest BCUT2D eigenvalue weighted by Crippen LogP contribution is 2.23. The Labute approximate surface area is 149 Å². The van der Waals surface area contributed by atoms with Gasteiger partial charge in [0, 0.05) is 39.5 Å². The normalized spacial score (nSPS) is 20.8. The van der Waals surface area contributed by atoms with E-state index in [0.29, 0.717) is 19.5 Å². The third-order valence-corrected chi connectivity index (χ3v) is 5.01. The zero-order valence-electron chi connectivity index (χ0n) is 14.9. The van der Waals surface area contributed by atoms with Crippen LogP contribution in [0, 0.1) is 0 Å². The number of amides is 2. The monoisotopic (exact) mass is 345 g/mol. The predicted octanol–water partition coefficient (Wildman–Crippen LogP) is 0.798. The topological polar surface area (TPSA) is 61.9 Å². The minimum absolute atomic E-state index is 0.0494. The van der Waals surface area contributed by atoms with Crippen LogP contribution in [0.25, 0.3) is 0 Å². The number of nitrogens with zero attached hydrogens (tertiary/aromatic N) is 2. The first-order valence-corrected chi connectivity index (χ1v) is 9.07. The van der Waals surface area contributed by atoms with E-state index in [0.717, 1.165) is 50.4 Å². The number of ether oxygens (including phenoxy) is 1. The molecule has 0 saturated carbocycles. The summed E-state index contributed by atoms with van der Waals surface area (Å²) in [6.45, 7) is 7.16. The predicted molar refractivity (Wildman–Crippen MR) is 95.0 cm³/mol. The van der Waals surface area contributed by atoms with E-state index in [2.05, 4.69) is 10.2 Å². The Morgan fingerprint density at radius 1 is 1.20 bits per heavy atom. The number of nitrogens with one attached hydrogen (secondary N) is 1. The van der Waals surface area contributed by atoms with Crippen LogP contribution in [-0.4, -0.2) is 67.0 Å². The van der Waals surface area contributed by atoms with Crippen molar-refractivity contribution < 1.29 is 14.3 Å². The van der Waals surface area contributed by atoms with Gasteiger partial charge in [0.05, 0.1) is 13.2 Å². The van der Waals surface area contributed by atoms with Crippen molar-refractivity contribution in [2.24, 2.45) is 0 Å². The van der Waals surface area contributed by atoms with E-state index in [1.165, 1.54) is 6.92 Å². The Morgan fingerprint density at radius 3 is 2.64 bits per heavy atom. The molecule has 0 bridgehead atoms. The van der Waals surface area contributed by atoms with Crippen molar-refractivity contribution in [1.29, 1.82) is 0 Å². The van der Waals surface area contributed by atoms with Gasteiger partial charge < -0.3 is 15.0 Å². The fraction of sp³-hybridized carbons (Fsp3) is 0.579. The lowest BCUT2D eigenvalue weighted by molar-refractivity contribution is -0.140. The van der Waals surface area contributed by atoms with E-state index in [-0.39, 0.29) is 11.8 Å². The van der Waals surface area contributed by atoms with Crippen LogP contribution in [0.2, 0.25) is 0 Å². The lowest BCUT2D eigenvalue weighted by atomic mass is 9.93. The Morgan fingerprint density at radius 2 is 1.92 bits per heavy atom. The molecule has 2 amide bonds. The van der Waals surface area contributed by atoms with Gasteiger partial charge >= 0.3 is 0 Å². The summed E-state index contributed by atoms with van der Waals surface area (Å²) in [5, 5.41) is 3.02. The van der Waals surface area contributed by atoms with Crippen molar-refractivity contribution in [3.63, 3.8) is 0 Å². The van der Waals surface area contributed by atoms with Gasteiger partial charge in [-0.05, 0) is 24.1 Å². The minimum Gasteiger partial charge on any atom is -0.379 e. The molecule has 0 unspecified atom stereocenters. The van der Waals surface area contributed by atoms with E-state index in [1.807, 2.05) is 24.3 Å². The molecule has 25 heavy (non-hydrogen) atoms. The number of hydrogen-bond acceptors (Lipinski definition) is 4. The number of carbonyl (C=O) groups is 2. The van der Waals surface area contributed by atoms with Gasteiger partial charge in [-0.2, -0.15) is 0 Å². The quantitative estimate of drug-likeness (QED) is 0.802. The lowest BCUT2D eigenvalue weighted by Gasteiger charge is -2.35. The average molecular weight is 345 g/mol. The first kappa shape index (κ1) is 17.9. The number of carbonyl (C=O) groups excluding carboxylic acids is 2. The molecule has 1 saturated heterocycles. The van der Waals surface area contributed by atoms with Crippen molar-refractivity contribution in [3.8, 4) is 0 Å². The number of rotatable bonds is 5. The third kappa shape index (κ3) is 4.58. The van der Waals surface area contributed by atoms with E-state index in [4.69, 9.17) is 4.74 Å². The molecule has 0 aliphatic carbocycles. The summed E-state index contributed by atoms with van der Waals surface area (Å²) >= 11 is 0. The van der Waals surface area contributed by atoms with Gasteiger partial charge in [-0.25, -0.2) is 0 Å². The zero-order valence-corrected chi connectivity index (χ0v) is 14.9. The van der Waals surface area contributed by atoms with Gasteiger partial charge in [0.1, 0.15) is 6.04 Å². The van der Waals surface area contributed by atoms with Crippen LogP contribution in [0.3, 0.4) is 0 Å². The van der Waals surface area contributed by atoms with Gasteiger partial charge in [-0.15, -0.1) is 0 Å². The summed E-state index contributed by atoms with van der Waals surface area (Å²) in [5.74, 6) is -0.102. The maximum absolute atomic E-state index is 12.6. The summed E-state index contributed by atoms with van der Waals surface area (Å²) < 4.78 is 5.34. The fourth-order valence-electron chi connectivity index (χ4n) is 3.54. The summed E-state index contributed by atoms with van der Waals surface area (Å²) in [5.41, 5.74) is 2.29. The minimum atomic E-state index is -0.407. The highest BCUT2D eigenvalue weighted by molar-refractivity contribution is 5.87. The molecule has 1 fully saturated rings. The zero-order chi connectivity index (χ0) is 17.6. The molecule has 0 aromatic heterocycles. The molecular weight excluding hydrogens is 318 g/mol. The molecule has 136 valence electrons. The van der Waals surface area contributed by atoms with Gasteiger partial charge in [-0.3, -0.25) is 14.5 Å². The van der Waals surface area contributed by atoms with Crippen molar-refractivity contribution in [2.75, 3.05) is 39.4 Å². The van der Waals surface area contributed by atoms with E-state index in [9.17, 15) is 9.59 Å². The number of benzene rings is 1. The SMILES string of the molecule is CC(=O)N1Cc2ccccc2C[C@@H]1C(=O)NCCCN1CCOCC1. The molecule has 2 heterocycles. The van der Waals surface area contributed by atoms with Crippen LogP contribution in [-0.2, 0) is 27.3 Å². The van der Waals surface area contributed by atoms with Gasteiger partial charge in [0.15, 0.2) is 0 Å². The number of morpholine rings is 1. The van der Waals surface area contributed by atoms with Crippen LogP contribution in [0.1, 0.15) is 24.5 Å². The second-order valence-corrected chi connectivity index (χ2v) is 6.73. The molecule has 0 radical (unpaired) electrons. The second kappa shape index (κ2) is 8.45. The standard InChI is InChI=1S/C19H27N3O3/c1-15(23)22-14-17-6-3-2-5-16(17)13-18(22)19(24)20-7-4-8-21-9-11-25-12-10-21/h2-3,5-6,18H,4,7-14H2,1H3,(H,20,24)/t18-/m1/s1. The van der Waals surface area contributed by atoms with E-state index >= 15 is 0 Å². The van der Waals surface area contributed by atoms with Crippen LogP contribution in [0.4, 0.5) is 0 Å². The maximum atomic E-state index is 12.6. The Hall–Kier alpha value is -1.92. The fourth-order valence-corrected chi connectivity index (χ4v) is 3.54. The summed E-state index contributed by atoms with van der Waals surface area (Å²) in [6, 6.07) is 7.63. The van der Waals surface area contributed by atoms with Crippen molar-refractivity contribution >= 4 is 11.8 Å². The molecule has 1 N–H and O–H groups in total. The van der Waals surface area contributed by atoms with Crippen LogP contribution in [0.15, 0.2) is 24.3 Å². The molecule has 2 aliphatic rings. The summed E-state index contributed by atoms with van der Waals surface area (Å²) in [6.07, 6.45) is 1.50. The van der Waals surface area contributed by atoms with Crippen LogP contribution < -0.4 is 5.32 Å². The molecule has 0 spiro atoms. The highest BCUT2D eigenvalue weighted by Gasteiger charge is 2.32. The summed E-state index contributed by atoms with van der Waals surface area (Å²) in [7, 11) is 0. The molecule has 1 aromatic carbocycles. The molecular formula is C19H27N3O3. The average Bonchev–Trinajstić information content (AvgIpc) is 2.64. The van der Waals surface area contributed by atoms with Crippen LogP contribution >= 0.6 is 0 Å². The maximum Gasteiger partial charge on any atom is 0.243 e. The Kier molecular flexibility index (Phi) is 6.04. The second-order valence-electron chi connectivity index (χ2n) is 6.73. The molecule has 2 aliphatic heterocycles. The van der Waals surface area contributed by atoms with Crippen molar-refractivity contribution in [1.82, 2.24) is 15.1 Å². The largest absolute Gasteiger partial charge is 0.379 e. The smallest absolute Gasteiger partial charge is 0.243 e. The molecule has 3 rings (SSSR count). The van der Waals surface area contributed by atoms with Crippen molar-refractivity contribution in [3.05, 3.63) is 35.4 Å². The molecule has 6 nitrogen and oxygen atoms in total. The molecule has 1 aromatic rings. The first-order valence-electron chi connectivity index (χ1n) is 9.07. The molecule has 1 atom stereocenters. The lowest BCUT2D eigenvalue weighted by Crippen LogP contribution is -2.52. The number of hydrogen-bond donors (Lipinski definition) is 1.